The Balaban J connectivity index is 2.24. The van der Waals surface area contributed by atoms with E-state index in [0.29, 0.717) is 11.3 Å². The topological polar surface area (TPSA) is 55.2 Å². The molecule has 0 heterocycles. The van der Waals surface area contributed by atoms with Gasteiger partial charge in [-0.15, -0.1) is 0 Å². The van der Waals surface area contributed by atoms with Gasteiger partial charge in [-0.1, -0.05) is 29.8 Å². The van der Waals surface area contributed by atoms with Crippen LogP contribution in [0, 0.1) is 15.9 Å². The highest BCUT2D eigenvalue weighted by molar-refractivity contribution is 6.32. The second kappa shape index (κ2) is 5.88. The minimum Gasteiger partial charge on any atom is -0.378 e. The van der Waals surface area contributed by atoms with Crippen molar-refractivity contribution in [2.24, 2.45) is 0 Å². The quantitative estimate of drug-likeness (QED) is 0.664. The van der Waals surface area contributed by atoms with E-state index in [2.05, 4.69) is 5.32 Å². The molecule has 0 amide bonds. The average Bonchev–Trinajstić information content (AvgIpc) is 2.41. The minimum absolute atomic E-state index is 0.0686. The number of rotatable bonds is 4. The Morgan fingerprint density at radius 3 is 2.65 bits per heavy atom. The maximum Gasteiger partial charge on any atom is 0.289 e. The van der Waals surface area contributed by atoms with Gasteiger partial charge in [-0.25, -0.2) is 4.39 Å². The van der Waals surface area contributed by atoms with Crippen LogP contribution in [-0.2, 0) is 0 Å². The van der Waals surface area contributed by atoms with E-state index in [4.69, 9.17) is 11.6 Å². The van der Waals surface area contributed by atoms with Crippen LogP contribution in [0.5, 0.6) is 0 Å². The van der Waals surface area contributed by atoms with E-state index in [0.717, 1.165) is 0 Å². The summed E-state index contributed by atoms with van der Waals surface area (Å²) >= 11 is 5.74. The third-order valence-corrected chi connectivity index (χ3v) is 3.22. The highest BCUT2D eigenvalue weighted by Gasteiger charge is 2.15. The normalized spacial score (nSPS) is 11.9. The van der Waals surface area contributed by atoms with Crippen LogP contribution in [0.15, 0.2) is 42.5 Å². The van der Waals surface area contributed by atoms with Crippen molar-refractivity contribution in [3.63, 3.8) is 0 Å². The number of anilines is 1. The van der Waals surface area contributed by atoms with Gasteiger partial charge in [0.2, 0.25) is 0 Å². The Kier molecular flexibility index (Phi) is 4.20. The van der Waals surface area contributed by atoms with Gasteiger partial charge < -0.3 is 5.32 Å². The van der Waals surface area contributed by atoms with Crippen molar-refractivity contribution in [2.45, 2.75) is 13.0 Å². The summed E-state index contributed by atoms with van der Waals surface area (Å²) in [5, 5.41) is 13.9. The second-order valence-electron chi connectivity index (χ2n) is 4.31. The summed E-state index contributed by atoms with van der Waals surface area (Å²) in [6, 6.07) is 10.5. The predicted octanol–water partition coefficient (Wildman–Crippen LogP) is 4.56. The molecular weight excluding hydrogens is 283 g/mol. The molecule has 0 aliphatic carbocycles. The molecule has 0 radical (unpaired) electrons. The number of hydrogen-bond acceptors (Lipinski definition) is 3. The van der Waals surface area contributed by atoms with Crippen molar-refractivity contribution >= 4 is 23.0 Å². The van der Waals surface area contributed by atoms with Crippen LogP contribution in [0.4, 0.5) is 15.8 Å². The molecule has 0 fully saturated rings. The zero-order valence-electron chi connectivity index (χ0n) is 10.6. The first kappa shape index (κ1) is 14.3. The molecule has 1 unspecified atom stereocenters. The fourth-order valence-corrected chi connectivity index (χ4v) is 2.08. The van der Waals surface area contributed by atoms with Gasteiger partial charge in [-0.2, -0.15) is 0 Å². The Bertz CT molecular complexity index is 649. The van der Waals surface area contributed by atoms with Crippen molar-refractivity contribution in [1.82, 2.24) is 0 Å². The lowest BCUT2D eigenvalue weighted by molar-refractivity contribution is -0.384. The molecule has 1 N–H and O–H groups in total. The second-order valence-corrected chi connectivity index (χ2v) is 4.72. The summed E-state index contributed by atoms with van der Waals surface area (Å²) in [5.74, 6) is -0.323. The summed E-state index contributed by atoms with van der Waals surface area (Å²) < 4.78 is 13.6. The first-order valence-corrected chi connectivity index (χ1v) is 6.31. The van der Waals surface area contributed by atoms with Crippen molar-refractivity contribution < 1.29 is 9.31 Å². The molecular formula is C14H12ClFN2O2. The van der Waals surface area contributed by atoms with Crippen LogP contribution in [0.3, 0.4) is 0 Å². The smallest absolute Gasteiger partial charge is 0.289 e. The molecule has 20 heavy (non-hydrogen) atoms. The first-order valence-electron chi connectivity index (χ1n) is 5.94. The van der Waals surface area contributed by atoms with E-state index in [1.54, 1.807) is 31.2 Å². The number of nitro groups is 1. The van der Waals surface area contributed by atoms with Gasteiger partial charge in [0.1, 0.15) is 10.8 Å². The van der Waals surface area contributed by atoms with Crippen LogP contribution >= 0.6 is 11.6 Å². The van der Waals surface area contributed by atoms with Crippen molar-refractivity contribution in [2.75, 3.05) is 5.32 Å². The molecule has 0 aliphatic heterocycles. The molecule has 6 heteroatoms. The van der Waals surface area contributed by atoms with Crippen molar-refractivity contribution in [3.8, 4) is 0 Å². The van der Waals surface area contributed by atoms with Gasteiger partial charge in [0.15, 0.2) is 0 Å². The lowest BCUT2D eigenvalue weighted by Gasteiger charge is -2.16. The summed E-state index contributed by atoms with van der Waals surface area (Å²) in [6.45, 7) is 1.78. The molecule has 2 rings (SSSR count). The van der Waals surface area contributed by atoms with Gasteiger partial charge >= 0.3 is 0 Å². The van der Waals surface area contributed by atoms with E-state index in [-0.39, 0.29) is 22.6 Å². The van der Waals surface area contributed by atoms with Crippen molar-refractivity contribution in [1.29, 1.82) is 0 Å². The van der Waals surface area contributed by atoms with Crippen LogP contribution in [0.2, 0.25) is 5.02 Å². The van der Waals surface area contributed by atoms with Gasteiger partial charge in [-0.05, 0) is 25.1 Å². The number of halogens is 2. The number of benzene rings is 2. The molecule has 2 aromatic carbocycles. The largest absolute Gasteiger partial charge is 0.378 e. The van der Waals surface area contributed by atoms with Gasteiger partial charge in [0.05, 0.1) is 11.0 Å². The molecule has 0 saturated heterocycles. The Morgan fingerprint density at radius 2 is 2.00 bits per heavy atom. The molecule has 104 valence electrons. The van der Waals surface area contributed by atoms with Crippen LogP contribution < -0.4 is 5.32 Å². The summed E-state index contributed by atoms with van der Waals surface area (Å²) in [5.41, 5.74) is 0.819. The summed E-state index contributed by atoms with van der Waals surface area (Å²) in [6.07, 6.45) is 0. The summed E-state index contributed by atoms with van der Waals surface area (Å²) in [4.78, 5) is 10.3. The molecule has 0 aromatic heterocycles. The monoisotopic (exact) mass is 294 g/mol. The van der Waals surface area contributed by atoms with E-state index in [9.17, 15) is 14.5 Å². The Labute approximate surface area is 120 Å². The molecule has 0 spiro atoms. The zero-order chi connectivity index (χ0) is 14.7. The first-order chi connectivity index (χ1) is 9.49. The number of nitrogens with zero attached hydrogens (tertiary/aromatic N) is 1. The van der Waals surface area contributed by atoms with E-state index < -0.39 is 4.92 Å². The minimum atomic E-state index is -0.554. The Hall–Kier alpha value is -2.14. The van der Waals surface area contributed by atoms with Gasteiger partial charge in [0, 0.05) is 17.3 Å². The molecule has 4 nitrogen and oxygen atoms in total. The number of nitro benzene ring substituents is 1. The highest BCUT2D eigenvalue weighted by atomic mass is 35.5. The van der Waals surface area contributed by atoms with Gasteiger partial charge in [-0.3, -0.25) is 10.1 Å². The predicted molar refractivity (Wildman–Crippen MR) is 76.5 cm³/mol. The lowest BCUT2D eigenvalue weighted by Crippen LogP contribution is -2.08. The highest BCUT2D eigenvalue weighted by Crippen LogP contribution is 2.29. The summed E-state index contributed by atoms with van der Waals surface area (Å²) in [7, 11) is 0. The van der Waals surface area contributed by atoms with Gasteiger partial charge in [0.25, 0.3) is 5.69 Å². The fourth-order valence-electron chi connectivity index (χ4n) is 1.90. The molecule has 0 aliphatic rings. The standard InChI is InChI=1S/C14H12ClFN2O2/c1-9(11-4-2-3-5-13(11)16)17-10-6-7-12(15)14(8-10)18(19)20/h2-9,17H,1H3. The van der Waals surface area contributed by atoms with E-state index in [1.165, 1.54) is 18.2 Å². The molecule has 2 aromatic rings. The molecule has 0 bridgehead atoms. The zero-order valence-corrected chi connectivity index (χ0v) is 11.4. The fraction of sp³-hybridized carbons (Fsp3) is 0.143. The molecule has 1 atom stereocenters. The van der Waals surface area contributed by atoms with Crippen LogP contribution in [0.1, 0.15) is 18.5 Å². The van der Waals surface area contributed by atoms with E-state index in [1.807, 2.05) is 0 Å². The van der Waals surface area contributed by atoms with Crippen molar-refractivity contribution in [3.05, 3.63) is 69.0 Å². The van der Waals surface area contributed by atoms with Crippen LogP contribution in [0.25, 0.3) is 0 Å². The SMILES string of the molecule is CC(Nc1ccc(Cl)c([N+](=O)[O-])c1)c1ccccc1F. The average molecular weight is 295 g/mol. The third kappa shape index (κ3) is 3.05. The Morgan fingerprint density at radius 1 is 1.30 bits per heavy atom. The number of nitrogens with one attached hydrogen (secondary N) is 1. The van der Waals surface area contributed by atoms with E-state index >= 15 is 0 Å². The third-order valence-electron chi connectivity index (χ3n) is 2.90. The van der Waals surface area contributed by atoms with Crippen LogP contribution in [-0.4, -0.2) is 4.92 Å². The molecule has 0 saturated carbocycles. The lowest BCUT2D eigenvalue weighted by atomic mass is 10.1. The maximum atomic E-state index is 13.6. The number of hydrogen-bond donors (Lipinski definition) is 1. The maximum absolute atomic E-state index is 13.6.